The number of carbonyl (C=O) groups excluding carboxylic acids is 2. The van der Waals surface area contributed by atoms with Crippen LogP contribution in [-0.4, -0.2) is 67.5 Å². The summed E-state index contributed by atoms with van der Waals surface area (Å²) >= 11 is 7.57. The van der Waals surface area contributed by atoms with E-state index in [1.54, 1.807) is 23.0 Å². The van der Waals surface area contributed by atoms with Crippen LogP contribution < -0.4 is 14.8 Å². The van der Waals surface area contributed by atoms with Crippen molar-refractivity contribution in [3.63, 3.8) is 0 Å². The SMILES string of the molecule is CC(C)(C)OC(=O)N1CC(CCCNc2cccc(SNC(=O)c3ccc(-n4ccc(OCCC5C6(CC6)C56CC6)n4)nc3Cl)n2)CC1(C)C. The summed E-state index contributed by atoms with van der Waals surface area (Å²) in [5, 5.41) is 8.62. The summed E-state index contributed by atoms with van der Waals surface area (Å²) in [4.78, 5) is 36.6. The summed E-state index contributed by atoms with van der Waals surface area (Å²) in [6.45, 7) is 12.0. The van der Waals surface area contributed by atoms with Gasteiger partial charge in [0.15, 0.2) is 5.82 Å². The van der Waals surface area contributed by atoms with Gasteiger partial charge in [-0.2, -0.15) is 0 Å². The molecule has 3 aromatic rings. The van der Waals surface area contributed by atoms with Crippen LogP contribution in [0.3, 0.4) is 0 Å². The standard InChI is InChI=1S/C37H48ClN7O4S/c1-34(2,3)49-33(47)44-23-24(22-35(44,4)5)8-7-19-39-27-9-6-10-30(40-27)50-43-32(46)25-11-12-28(41-31(25)38)45-20-13-29(42-45)48-21-14-26-36(15-16-36)37(26)17-18-37/h6,9-13,20,24,26H,7-8,14-19,21-23H2,1-5H3,(H,39,40)(H,43,46). The van der Waals surface area contributed by atoms with Crippen LogP contribution in [0.4, 0.5) is 10.6 Å². The van der Waals surface area contributed by atoms with Crippen molar-refractivity contribution in [3.8, 4) is 11.7 Å². The van der Waals surface area contributed by atoms with E-state index < -0.39 is 5.60 Å². The fourth-order valence-electron chi connectivity index (χ4n) is 8.42. The molecule has 1 aliphatic heterocycles. The first kappa shape index (κ1) is 34.9. The topological polar surface area (TPSA) is 124 Å². The van der Waals surface area contributed by atoms with Crippen molar-refractivity contribution < 1.29 is 19.1 Å². The highest BCUT2D eigenvalue weighted by Gasteiger charge is 2.85. The molecule has 50 heavy (non-hydrogen) atoms. The van der Waals surface area contributed by atoms with Gasteiger partial charge in [0.2, 0.25) is 5.88 Å². The van der Waals surface area contributed by atoms with Crippen LogP contribution in [0.15, 0.2) is 47.6 Å². The molecule has 1 atom stereocenters. The number of ether oxygens (including phenoxy) is 2. The molecule has 13 heteroatoms. The van der Waals surface area contributed by atoms with Gasteiger partial charge in [-0.3, -0.25) is 9.52 Å². The average molecular weight is 722 g/mol. The Morgan fingerprint density at radius 2 is 1.80 bits per heavy atom. The summed E-state index contributed by atoms with van der Waals surface area (Å²) in [5.41, 5.74) is 0.890. The van der Waals surface area contributed by atoms with Gasteiger partial charge in [-0.05, 0) is 133 Å². The average Bonchev–Trinajstić information content (AvgIpc) is 4.01. The Morgan fingerprint density at radius 3 is 2.50 bits per heavy atom. The molecule has 0 radical (unpaired) electrons. The van der Waals surface area contributed by atoms with Crippen LogP contribution in [0.2, 0.25) is 5.15 Å². The molecule has 4 aliphatic rings. The predicted octanol–water partition coefficient (Wildman–Crippen LogP) is 7.94. The van der Waals surface area contributed by atoms with Gasteiger partial charge in [0, 0.05) is 42.8 Å². The highest BCUT2D eigenvalue weighted by molar-refractivity contribution is 7.97. The number of pyridine rings is 2. The van der Waals surface area contributed by atoms with Gasteiger partial charge in [-0.25, -0.2) is 19.4 Å². The number of nitrogens with one attached hydrogen (secondary N) is 2. The third-order valence-electron chi connectivity index (χ3n) is 11.0. The van der Waals surface area contributed by atoms with Crippen molar-refractivity contribution in [2.45, 2.75) is 102 Å². The van der Waals surface area contributed by atoms with E-state index in [1.165, 1.54) is 25.7 Å². The molecule has 0 aromatic carbocycles. The van der Waals surface area contributed by atoms with Crippen molar-refractivity contribution in [2.24, 2.45) is 22.7 Å². The molecular weight excluding hydrogens is 674 g/mol. The highest BCUT2D eigenvalue weighted by Crippen LogP contribution is 2.93. The van der Waals surface area contributed by atoms with Crippen molar-refractivity contribution >= 4 is 41.4 Å². The molecular formula is C37H48ClN7O4S. The Morgan fingerprint density at radius 1 is 1.04 bits per heavy atom. The molecule has 11 nitrogen and oxygen atoms in total. The first-order valence-corrected chi connectivity index (χ1v) is 19.0. The first-order chi connectivity index (χ1) is 23.8. The molecule has 2 spiro atoms. The van der Waals surface area contributed by atoms with Crippen LogP contribution in [-0.2, 0) is 4.74 Å². The summed E-state index contributed by atoms with van der Waals surface area (Å²) in [5.74, 6) is 2.68. The van der Waals surface area contributed by atoms with Crippen LogP contribution in [0.25, 0.3) is 5.82 Å². The van der Waals surface area contributed by atoms with Crippen LogP contribution >= 0.6 is 23.5 Å². The summed E-state index contributed by atoms with van der Waals surface area (Å²) in [6.07, 6.45) is 11.2. The van der Waals surface area contributed by atoms with Crippen molar-refractivity contribution in [3.05, 3.63) is 53.3 Å². The number of amides is 2. The number of anilines is 1. The van der Waals surface area contributed by atoms with E-state index in [0.29, 0.717) is 46.6 Å². The van der Waals surface area contributed by atoms with Crippen LogP contribution in [0, 0.1) is 22.7 Å². The van der Waals surface area contributed by atoms with E-state index in [9.17, 15) is 9.59 Å². The first-order valence-electron chi connectivity index (χ1n) is 17.8. The molecule has 7 rings (SSSR count). The molecule has 3 saturated carbocycles. The number of likely N-dealkylation sites (tertiary alicyclic amines) is 1. The molecule has 3 aromatic heterocycles. The molecule has 2 N–H and O–H groups in total. The number of halogens is 1. The second-order valence-corrected chi connectivity index (χ2v) is 17.2. The largest absolute Gasteiger partial charge is 0.477 e. The second-order valence-electron chi connectivity index (χ2n) is 16.0. The maximum Gasteiger partial charge on any atom is 0.410 e. The Kier molecular flexibility index (Phi) is 9.24. The number of aromatic nitrogens is 4. The van der Waals surface area contributed by atoms with Gasteiger partial charge >= 0.3 is 6.09 Å². The number of fused-ring (bicyclic) bond motifs is 1. The molecule has 4 heterocycles. The predicted molar refractivity (Wildman–Crippen MR) is 194 cm³/mol. The number of rotatable bonds is 13. The third kappa shape index (κ3) is 7.28. The Bertz CT molecular complexity index is 1730. The zero-order valence-electron chi connectivity index (χ0n) is 29.6. The molecule has 0 bridgehead atoms. The van der Waals surface area contributed by atoms with E-state index >= 15 is 0 Å². The van der Waals surface area contributed by atoms with Gasteiger partial charge in [0.1, 0.15) is 21.6 Å². The minimum atomic E-state index is -0.511. The molecule has 4 fully saturated rings. The van der Waals surface area contributed by atoms with Crippen LogP contribution in [0.5, 0.6) is 5.88 Å². The summed E-state index contributed by atoms with van der Waals surface area (Å²) in [7, 11) is 0. The number of carbonyl (C=O) groups is 2. The van der Waals surface area contributed by atoms with Crippen molar-refractivity contribution in [1.29, 1.82) is 0 Å². The normalized spacial score (nSPS) is 20.9. The number of hydrogen-bond donors (Lipinski definition) is 2. The third-order valence-corrected chi connectivity index (χ3v) is 12.0. The fraction of sp³-hybridized carbons (Fsp3) is 0.595. The highest BCUT2D eigenvalue weighted by atomic mass is 35.5. The lowest BCUT2D eigenvalue weighted by atomic mass is 9.93. The minimum Gasteiger partial charge on any atom is -0.477 e. The van der Waals surface area contributed by atoms with Crippen molar-refractivity contribution in [2.75, 3.05) is 25.0 Å². The Labute approximate surface area is 303 Å². The molecule has 2 amide bonds. The molecule has 268 valence electrons. The van der Waals surface area contributed by atoms with E-state index in [1.807, 2.05) is 49.9 Å². The zero-order chi connectivity index (χ0) is 35.3. The smallest absolute Gasteiger partial charge is 0.410 e. The van der Waals surface area contributed by atoms with E-state index in [4.69, 9.17) is 21.1 Å². The quantitative estimate of drug-likeness (QED) is 0.103. The van der Waals surface area contributed by atoms with E-state index in [2.05, 4.69) is 39.0 Å². The van der Waals surface area contributed by atoms with E-state index in [-0.39, 0.29) is 28.3 Å². The molecule has 1 saturated heterocycles. The minimum absolute atomic E-state index is 0.0833. The van der Waals surface area contributed by atoms with Crippen molar-refractivity contribution in [1.82, 2.24) is 29.4 Å². The lowest BCUT2D eigenvalue weighted by Crippen LogP contribution is -2.45. The number of hydrogen-bond acceptors (Lipinski definition) is 9. The summed E-state index contributed by atoms with van der Waals surface area (Å²) < 4.78 is 16.0. The van der Waals surface area contributed by atoms with Gasteiger partial charge < -0.3 is 19.7 Å². The maximum absolute atomic E-state index is 13.0. The Balaban J connectivity index is 0.838. The maximum atomic E-state index is 13.0. The van der Waals surface area contributed by atoms with Gasteiger partial charge in [-0.15, -0.1) is 5.10 Å². The van der Waals surface area contributed by atoms with Crippen LogP contribution in [0.1, 0.15) is 96.3 Å². The fourth-order valence-corrected chi connectivity index (χ4v) is 9.25. The number of nitrogens with zero attached hydrogens (tertiary/aromatic N) is 5. The van der Waals surface area contributed by atoms with Gasteiger partial charge in [0.25, 0.3) is 5.91 Å². The lowest BCUT2D eigenvalue weighted by Gasteiger charge is -2.33. The molecule has 3 aliphatic carbocycles. The molecule has 1 unspecified atom stereocenters. The van der Waals surface area contributed by atoms with Gasteiger partial charge in [-0.1, -0.05) is 17.7 Å². The zero-order valence-corrected chi connectivity index (χ0v) is 31.2. The second kappa shape index (κ2) is 13.2. The van der Waals surface area contributed by atoms with E-state index in [0.717, 1.165) is 55.9 Å². The van der Waals surface area contributed by atoms with Gasteiger partial charge in [0.05, 0.1) is 12.2 Å². The summed E-state index contributed by atoms with van der Waals surface area (Å²) in [6, 6.07) is 10.8. The lowest BCUT2D eigenvalue weighted by molar-refractivity contribution is 0.0130. The monoisotopic (exact) mass is 721 g/mol. The Hall–Kier alpha value is -3.51.